The highest BCUT2D eigenvalue weighted by Crippen LogP contribution is 2.07. The van der Waals surface area contributed by atoms with Gasteiger partial charge in [0.1, 0.15) is 5.83 Å². The predicted octanol–water partition coefficient (Wildman–Crippen LogP) is 3.05. The van der Waals surface area contributed by atoms with Gasteiger partial charge in [-0.3, -0.25) is 0 Å². The normalized spacial score (nSPS) is 10.8. The molecule has 1 aromatic rings. The summed E-state index contributed by atoms with van der Waals surface area (Å²) in [5, 5.41) is 8.53. The fourth-order valence-electron chi connectivity index (χ4n) is 1.20. The van der Waals surface area contributed by atoms with Crippen molar-refractivity contribution in [3.63, 3.8) is 0 Å². The summed E-state index contributed by atoms with van der Waals surface area (Å²) < 4.78 is 13.1. The Morgan fingerprint density at radius 2 is 2.00 bits per heavy atom. The number of allylic oxidation sites excluding steroid dienone is 2. The van der Waals surface area contributed by atoms with E-state index in [1.54, 1.807) is 0 Å². The number of rotatable bonds is 4. The van der Waals surface area contributed by atoms with Crippen LogP contribution in [0.25, 0.3) is 0 Å². The second-order valence-corrected chi connectivity index (χ2v) is 3.41. The molecule has 2 heteroatoms. The third-order valence-electron chi connectivity index (χ3n) is 2.04. The van der Waals surface area contributed by atoms with Crippen molar-refractivity contribution in [2.24, 2.45) is 0 Å². The summed E-state index contributed by atoms with van der Waals surface area (Å²) in [6, 6.07) is 9.46. The second kappa shape index (κ2) is 7.67. The van der Waals surface area contributed by atoms with Gasteiger partial charge in [0.15, 0.2) is 0 Å². The summed E-state index contributed by atoms with van der Waals surface area (Å²) in [5.41, 5.74) is 0.877. The zero-order valence-electron chi connectivity index (χ0n) is 9.12. The first-order valence-corrected chi connectivity index (χ1v) is 5.35. The van der Waals surface area contributed by atoms with Crippen LogP contribution in [0.3, 0.4) is 0 Å². The van der Waals surface area contributed by atoms with Gasteiger partial charge in [-0.1, -0.05) is 30.0 Å². The molecule has 0 saturated carbocycles. The monoisotopic (exact) mass is 218 g/mol. The van der Waals surface area contributed by atoms with Crippen molar-refractivity contribution in [1.29, 1.82) is 0 Å². The minimum absolute atomic E-state index is 0.114. The smallest absolute Gasteiger partial charge is 0.108 e. The van der Waals surface area contributed by atoms with Gasteiger partial charge in [-0.05, 0) is 31.4 Å². The zero-order chi connectivity index (χ0) is 11.6. The first-order chi connectivity index (χ1) is 7.83. The van der Waals surface area contributed by atoms with Crippen LogP contribution in [-0.2, 0) is 0 Å². The highest BCUT2D eigenvalue weighted by atomic mass is 19.1. The molecule has 0 radical (unpaired) electrons. The molecule has 1 nitrogen and oxygen atoms in total. The van der Waals surface area contributed by atoms with Gasteiger partial charge >= 0.3 is 0 Å². The van der Waals surface area contributed by atoms with Crippen molar-refractivity contribution in [2.75, 3.05) is 6.61 Å². The van der Waals surface area contributed by atoms with E-state index in [4.69, 9.17) is 5.11 Å². The van der Waals surface area contributed by atoms with Crippen molar-refractivity contribution in [3.05, 3.63) is 47.8 Å². The van der Waals surface area contributed by atoms with Gasteiger partial charge in [0.05, 0.1) is 0 Å². The summed E-state index contributed by atoms with van der Waals surface area (Å²) in [6.45, 7) is 0.114. The highest BCUT2D eigenvalue weighted by Gasteiger charge is 1.92. The van der Waals surface area contributed by atoms with Crippen LogP contribution in [0.5, 0.6) is 0 Å². The van der Waals surface area contributed by atoms with E-state index >= 15 is 0 Å². The molecular weight excluding hydrogens is 203 g/mol. The second-order valence-electron chi connectivity index (χ2n) is 3.41. The summed E-state index contributed by atoms with van der Waals surface area (Å²) in [4.78, 5) is 0. The molecule has 1 N–H and O–H groups in total. The largest absolute Gasteiger partial charge is 0.396 e. The van der Waals surface area contributed by atoms with Crippen molar-refractivity contribution >= 4 is 0 Å². The van der Waals surface area contributed by atoms with E-state index in [1.165, 1.54) is 6.08 Å². The Kier molecular flexibility index (Phi) is 5.98. The minimum Gasteiger partial charge on any atom is -0.396 e. The Morgan fingerprint density at radius 3 is 2.69 bits per heavy atom. The minimum atomic E-state index is -0.225. The lowest BCUT2D eigenvalue weighted by Crippen LogP contribution is -1.83. The molecule has 0 bridgehead atoms. The lowest BCUT2D eigenvalue weighted by atomic mass is 10.2. The summed E-state index contributed by atoms with van der Waals surface area (Å²) in [6.07, 6.45) is 2.94. The number of hydrogen-bond donors (Lipinski definition) is 1. The maximum atomic E-state index is 13.1. The molecule has 0 aromatic heterocycles. The zero-order valence-corrected chi connectivity index (χ0v) is 9.12. The molecule has 1 rings (SSSR count). The lowest BCUT2D eigenvalue weighted by molar-refractivity contribution is 0.283. The van der Waals surface area contributed by atoms with E-state index in [2.05, 4.69) is 11.8 Å². The standard InChI is InChI=1S/C14H15FO/c15-14(10-4-5-12-16)11-6-9-13-7-2-1-3-8-13/h1-3,7-8,11,16H,4-5,10,12H2/b14-11-. The van der Waals surface area contributed by atoms with Crippen LogP contribution in [0, 0.1) is 11.8 Å². The summed E-state index contributed by atoms with van der Waals surface area (Å²) >= 11 is 0. The van der Waals surface area contributed by atoms with Gasteiger partial charge in [-0.15, -0.1) is 0 Å². The molecule has 0 aliphatic carbocycles. The van der Waals surface area contributed by atoms with Crippen LogP contribution in [-0.4, -0.2) is 11.7 Å². The molecule has 0 unspecified atom stereocenters. The molecule has 0 saturated heterocycles. The molecular formula is C14H15FO. The van der Waals surface area contributed by atoms with Crippen LogP contribution >= 0.6 is 0 Å². The van der Waals surface area contributed by atoms with E-state index < -0.39 is 0 Å². The third-order valence-corrected chi connectivity index (χ3v) is 2.04. The number of unbranched alkanes of at least 4 members (excludes halogenated alkanes) is 1. The quantitative estimate of drug-likeness (QED) is 0.608. The van der Waals surface area contributed by atoms with Crippen molar-refractivity contribution in [2.45, 2.75) is 19.3 Å². The Balaban J connectivity index is 2.43. The van der Waals surface area contributed by atoms with E-state index in [1.807, 2.05) is 30.3 Å². The Hall–Kier alpha value is -1.59. The van der Waals surface area contributed by atoms with E-state index in [-0.39, 0.29) is 12.4 Å². The number of aliphatic hydroxyl groups is 1. The molecule has 0 aliphatic heterocycles. The SMILES string of the molecule is OCCCC/C(F)=C/C#Cc1ccccc1. The maximum Gasteiger partial charge on any atom is 0.108 e. The molecule has 84 valence electrons. The molecule has 1 aromatic carbocycles. The Morgan fingerprint density at radius 1 is 1.25 bits per heavy atom. The van der Waals surface area contributed by atoms with Gasteiger partial charge in [0, 0.05) is 18.2 Å². The molecule has 0 atom stereocenters. The highest BCUT2D eigenvalue weighted by molar-refractivity contribution is 5.36. The van der Waals surface area contributed by atoms with Crippen LogP contribution in [0.1, 0.15) is 24.8 Å². The van der Waals surface area contributed by atoms with E-state index in [0.717, 1.165) is 5.56 Å². The predicted molar refractivity (Wildman–Crippen MR) is 63.4 cm³/mol. The van der Waals surface area contributed by atoms with Crippen LogP contribution in [0.15, 0.2) is 42.2 Å². The van der Waals surface area contributed by atoms with Crippen molar-refractivity contribution < 1.29 is 9.50 Å². The average Bonchev–Trinajstić information content (AvgIpc) is 2.31. The van der Waals surface area contributed by atoms with Crippen LogP contribution in [0.2, 0.25) is 0 Å². The molecule has 0 amide bonds. The van der Waals surface area contributed by atoms with Gasteiger partial charge in [-0.25, -0.2) is 4.39 Å². The average molecular weight is 218 g/mol. The first-order valence-electron chi connectivity index (χ1n) is 5.35. The number of benzene rings is 1. The van der Waals surface area contributed by atoms with Gasteiger partial charge in [0.25, 0.3) is 0 Å². The topological polar surface area (TPSA) is 20.2 Å². The van der Waals surface area contributed by atoms with Crippen molar-refractivity contribution in [1.82, 2.24) is 0 Å². The number of hydrogen-bond acceptors (Lipinski definition) is 1. The maximum absolute atomic E-state index is 13.1. The third kappa shape index (κ3) is 5.33. The number of aliphatic hydroxyl groups excluding tert-OH is 1. The Bertz CT molecular complexity index is 384. The summed E-state index contributed by atoms with van der Waals surface area (Å²) in [7, 11) is 0. The molecule has 0 spiro atoms. The van der Waals surface area contributed by atoms with Gasteiger partial charge < -0.3 is 5.11 Å². The van der Waals surface area contributed by atoms with Crippen LogP contribution in [0.4, 0.5) is 4.39 Å². The molecule has 0 heterocycles. The lowest BCUT2D eigenvalue weighted by Gasteiger charge is -1.93. The number of halogens is 1. The van der Waals surface area contributed by atoms with E-state index in [9.17, 15) is 4.39 Å². The molecule has 0 aliphatic rings. The fraction of sp³-hybridized carbons (Fsp3) is 0.286. The fourth-order valence-corrected chi connectivity index (χ4v) is 1.20. The first kappa shape index (κ1) is 12.5. The Labute approximate surface area is 95.6 Å². The molecule has 0 fully saturated rings. The van der Waals surface area contributed by atoms with Gasteiger partial charge in [0.2, 0.25) is 0 Å². The van der Waals surface area contributed by atoms with Crippen molar-refractivity contribution in [3.8, 4) is 11.8 Å². The summed E-state index contributed by atoms with van der Waals surface area (Å²) in [5.74, 6) is 5.30. The van der Waals surface area contributed by atoms with Crippen LogP contribution < -0.4 is 0 Å². The van der Waals surface area contributed by atoms with E-state index in [0.29, 0.717) is 19.3 Å². The van der Waals surface area contributed by atoms with Gasteiger partial charge in [-0.2, -0.15) is 0 Å². The molecule has 16 heavy (non-hydrogen) atoms.